The van der Waals surface area contributed by atoms with Gasteiger partial charge in [0.25, 0.3) is 0 Å². The minimum Gasteiger partial charge on any atom is -0.353 e. The topological polar surface area (TPSA) is 54.0 Å². The van der Waals surface area contributed by atoms with Gasteiger partial charge in [-0.1, -0.05) is 0 Å². The molecule has 2 saturated carbocycles. The summed E-state index contributed by atoms with van der Waals surface area (Å²) in [5, 5.41) is 0. The number of aldehydes is 1. The van der Waals surface area contributed by atoms with Crippen LogP contribution in [0.3, 0.4) is 0 Å². The highest BCUT2D eigenvalue weighted by Gasteiger charge is 2.57. The highest BCUT2D eigenvalue weighted by Crippen LogP contribution is 2.54. The summed E-state index contributed by atoms with van der Waals surface area (Å²) >= 11 is 0. The van der Waals surface area contributed by atoms with Crippen LogP contribution in [-0.4, -0.2) is 44.3 Å². The zero-order chi connectivity index (χ0) is 14.3. The second-order valence-corrected chi connectivity index (χ2v) is 6.86. The molecule has 0 amide bonds. The highest BCUT2D eigenvalue weighted by atomic mass is 16.7. The number of carbonyl (C=O) groups is 1. The van der Waals surface area contributed by atoms with Crippen molar-refractivity contribution in [2.75, 3.05) is 19.8 Å². The van der Waals surface area contributed by atoms with Crippen LogP contribution in [0.4, 0.5) is 0 Å². The molecule has 0 bridgehead atoms. The third-order valence-corrected chi connectivity index (χ3v) is 5.62. The molecule has 4 rings (SSSR count). The van der Waals surface area contributed by atoms with Crippen LogP contribution in [0.25, 0.3) is 0 Å². The molecule has 5 nitrogen and oxygen atoms in total. The van der Waals surface area contributed by atoms with E-state index in [0.717, 1.165) is 51.4 Å². The van der Waals surface area contributed by atoms with Crippen molar-refractivity contribution in [3.05, 3.63) is 0 Å². The summed E-state index contributed by atoms with van der Waals surface area (Å²) < 4.78 is 23.4. The predicted octanol–water partition coefficient (Wildman–Crippen LogP) is 1.89. The quantitative estimate of drug-likeness (QED) is 0.744. The first-order valence-corrected chi connectivity index (χ1v) is 8.30. The maximum Gasteiger partial charge on any atom is 0.169 e. The molecule has 1 unspecified atom stereocenters. The average molecular weight is 296 g/mol. The van der Waals surface area contributed by atoms with E-state index in [9.17, 15) is 4.79 Å². The van der Waals surface area contributed by atoms with Crippen molar-refractivity contribution in [2.45, 2.75) is 56.7 Å². The molecule has 0 aromatic heterocycles. The molecule has 0 aromatic rings. The Labute approximate surface area is 125 Å². The van der Waals surface area contributed by atoms with Crippen molar-refractivity contribution in [2.24, 2.45) is 17.8 Å². The van der Waals surface area contributed by atoms with Gasteiger partial charge in [0.2, 0.25) is 0 Å². The van der Waals surface area contributed by atoms with Gasteiger partial charge in [-0.15, -0.1) is 0 Å². The Kier molecular flexibility index (Phi) is 3.78. The lowest BCUT2D eigenvalue weighted by Crippen LogP contribution is -2.34. The summed E-state index contributed by atoms with van der Waals surface area (Å²) in [4.78, 5) is 11.6. The van der Waals surface area contributed by atoms with E-state index in [1.54, 1.807) is 0 Å². The summed E-state index contributed by atoms with van der Waals surface area (Å²) in [7, 11) is 0. The summed E-state index contributed by atoms with van der Waals surface area (Å²) in [6.45, 7) is 2.14. The van der Waals surface area contributed by atoms with Gasteiger partial charge in [-0.25, -0.2) is 0 Å². The van der Waals surface area contributed by atoms with Crippen LogP contribution in [-0.2, 0) is 23.7 Å². The Morgan fingerprint density at radius 3 is 2.67 bits per heavy atom. The SMILES string of the molecule is O=C[C@@H]1[C@@H]2CC3(C[C@@H]2C[C@H]1OC1CCCCO1)OCCO3. The molecule has 21 heavy (non-hydrogen) atoms. The number of hydrogen-bond acceptors (Lipinski definition) is 5. The first-order valence-electron chi connectivity index (χ1n) is 8.30. The molecule has 2 heterocycles. The minimum atomic E-state index is -0.400. The van der Waals surface area contributed by atoms with Crippen molar-refractivity contribution >= 4 is 6.29 Å². The van der Waals surface area contributed by atoms with E-state index in [-0.39, 0.29) is 18.3 Å². The largest absolute Gasteiger partial charge is 0.353 e. The molecule has 2 saturated heterocycles. The van der Waals surface area contributed by atoms with Gasteiger partial charge >= 0.3 is 0 Å². The maximum absolute atomic E-state index is 11.6. The van der Waals surface area contributed by atoms with Crippen molar-refractivity contribution in [3.63, 3.8) is 0 Å². The molecule has 5 atom stereocenters. The van der Waals surface area contributed by atoms with Gasteiger partial charge < -0.3 is 23.7 Å². The number of carbonyl (C=O) groups excluding carboxylic acids is 1. The highest BCUT2D eigenvalue weighted by molar-refractivity contribution is 5.56. The summed E-state index contributed by atoms with van der Waals surface area (Å²) in [5.41, 5.74) is 0. The Hall–Kier alpha value is -0.490. The fourth-order valence-electron chi connectivity index (χ4n) is 4.68. The van der Waals surface area contributed by atoms with E-state index in [1.807, 2.05) is 0 Å². The Bertz CT molecular complexity index is 386. The molecule has 5 heteroatoms. The van der Waals surface area contributed by atoms with Crippen LogP contribution < -0.4 is 0 Å². The van der Waals surface area contributed by atoms with Crippen molar-refractivity contribution in [3.8, 4) is 0 Å². The van der Waals surface area contributed by atoms with Gasteiger partial charge in [0.15, 0.2) is 12.1 Å². The van der Waals surface area contributed by atoms with Crippen molar-refractivity contribution in [1.82, 2.24) is 0 Å². The van der Waals surface area contributed by atoms with Crippen LogP contribution in [0.1, 0.15) is 38.5 Å². The maximum atomic E-state index is 11.6. The molecule has 2 aliphatic heterocycles. The van der Waals surface area contributed by atoms with Gasteiger partial charge in [-0.3, -0.25) is 0 Å². The lowest BCUT2D eigenvalue weighted by Gasteiger charge is -2.30. The van der Waals surface area contributed by atoms with Crippen molar-refractivity contribution in [1.29, 1.82) is 0 Å². The number of hydrogen-bond donors (Lipinski definition) is 0. The Morgan fingerprint density at radius 1 is 1.10 bits per heavy atom. The molecule has 0 N–H and O–H groups in total. The fourth-order valence-corrected chi connectivity index (χ4v) is 4.68. The number of ether oxygens (including phenoxy) is 4. The van der Waals surface area contributed by atoms with E-state index in [4.69, 9.17) is 18.9 Å². The summed E-state index contributed by atoms with van der Waals surface area (Å²) in [6, 6.07) is 0. The smallest absolute Gasteiger partial charge is 0.169 e. The Balaban J connectivity index is 1.41. The van der Waals surface area contributed by atoms with E-state index in [1.165, 1.54) is 0 Å². The van der Waals surface area contributed by atoms with Crippen LogP contribution in [0.15, 0.2) is 0 Å². The van der Waals surface area contributed by atoms with Gasteiger partial charge in [-0.05, 0) is 37.5 Å². The van der Waals surface area contributed by atoms with Gasteiger partial charge in [0.05, 0.1) is 19.3 Å². The second-order valence-electron chi connectivity index (χ2n) is 6.86. The molecule has 118 valence electrons. The molecule has 0 aromatic carbocycles. The zero-order valence-corrected chi connectivity index (χ0v) is 12.4. The first kappa shape index (κ1) is 14.1. The van der Waals surface area contributed by atoms with Crippen LogP contribution in [0.2, 0.25) is 0 Å². The predicted molar refractivity (Wildman–Crippen MR) is 73.5 cm³/mol. The van der Waals surface area contributed by atoms with E-state index >= 15 is 0 Å². The van der Waals surface area contributed by atoms with Crippen LogP contribution in [0.5, 0.6) is 0 Å². The van der Waals surface area contributed by atoms with E-state index in [2.05, 4.69) is 0 Å². The average Bonchev–Trinajstić information content (AvgIpc) is 3.16. The van der Waals surface area contributed by atoms with Gasteiger partial charge in [-0.2, -0.15) is 0 Å². The first-order chi connectivity index (χ1) is 10.3. The third kappa shape index (κ3) is 2.54. The number of rotatable bonds is 3. The molecular formula is C16H24O5. The molecule has 2 aliphatic carbocycles. The molecule has 4 aliphatic rings. The molecule has 1 spiro atoms. The Morgan fingerprint density at radius 2 is 1.95 bits per heavy atom. The minimum absolute atomic E-state index is 0.0133. The van der Waals surface area contributed by atoms with Crippen LogP contribution >= 0.6 is 0 Å². The lowest BCUT2D eigenvalue weighted by molar-refractivity contribution is -0.199. The monoisotopic (exact) mass is 296 g/mol. The lowest BCUT2D eigenvalue weighted by atomic mass is 9.92. The van der Waals surface area contributed by atoms with E-state index < -0.39 is 5.79 Å². The molecule has 4 fully saturated rings. The van der Waals surface area contributed by atoms with Crippen LogP contribution in [0, 0.1) is 17.8 Å². The fraction of sp³-hybridized carbons (Fsp3) is 0.938. The molecule has 0 radical (unpaired) electrons. The van der Waals surface area contributed by atoms with Gasteiger partial charge in [0.1, 0.15) is 6.29 Å². The second kappa shape index (κ2) is 5.61. The number of fused-ring (bicyclic) bond motifs is 1. The summed E-state index contributed by atoms with van der Waals surface area (Å²) in [6.07, 6.45) is 6.89. The normalized spacial score (nSPS) is 45.0. The third-order valence-electron chi connectivity index (χ3n) is 5.62. The summed E-state index contributed by atoms with van der Waals surface area (Å²) in [5.74, 6) is 0.386. The zero-order valence-electron chi connectivity index (χ0n) is 12.4. The van der Waals surface area contributed by atoms with E-state index in [0.29, 0.717) is 25.0 Å². The standard InChI is InChI=1S/C16H24O5/c17-10-13-12-9-16(19-5-6-20-16)8-11(12)7-14(13)21-15-3-1-2-4-18-15/h10-15H,1-9H2/t11-,12+,13+,14+,15?/m0/s1. The molecular weight excluding hydrogens is 272 g/mol. The van der Waals surface area contributed by atoms with Crippen molar-refractivity contribution < 1.29 is 23.7 Å². The van der Waals surface area contributed by atoms with Gasteiger partial charge in [0, 0.05) is 25.4 Å².